The van der Waals surface area contributed by atoms with Gasteiger partial charge in [-0.1, -0.05) is 30.3 Å². The molecule has 0 radical (unpaired) electrons. The second kappa shape index (κ2) is 4.06. The van der Waals surface area contributed by atoms with E-state index in [2.05, 4.69) is 9.97 Å². The van der Waals surface area contributed by atoms with E-state index in [1.807, 2.05) is 42.5 Å². The quantitative estimate of drug-likeness (QED) is 0.572. The number of hydrogen-bond donors (Lipinski definition) is 1. The molecule has 0 aliphatic carbocycles. The predicted octanol–water partition coefficient (Wildman–Crippen LogP) is 3.34. The molecule has 20 heavy (non-hydrogen) atoms. The van der Waals surface area contributed by atoms with Crippen molar-refractivity contribution >= 4 is 22.0 Å². The summed E-state index contributed by atoms with van der Waals surface area (Å²) in [6, 6.07) is 15.0. The molecule has 0 aliphatic heterocycles. The number of aromatic amines is 1. The van der Waals surface area contributed by atoms with Crippen LogP contribution in [0.4, 0.5) is 0 Å². The van der Waals surface area contributed by atoms with Gasteiger partial charge < -0.3 is 9.40 Å². The number of rotatable bonds is 1. The van der Waals surface area contributed by atoms with Gasteiger partial charge in [0.05, 0.1) is 0 Å². The van der Waals surface area contributed by atoms with E-state index in [0.29, 0.717) is 16.8 Å². The normalized spacial score (nSPS) is 11.2. The lowest BCUT2D eigenvalue weighted by Gasteiger charge is -2.00. The van der Waals surface area contributed by atoms with Crippen molar-refractivity contribution in [1.29, 1.82) is 0 Å². The van der Waals surface area contributed by atoms with Gasteiger partial charge in [-0.15, -0.1) is 0 Å². The fraction of sp³-hybridized carbons (Fsp3) is 0. The molecule has 0 saturated carbocycles. The SMILES string of the molecule is O=c1oc2ccccc2nc1-c1c[nH]c2ccccc12. The molecule has 4 aromatic rings. The van der Waals surface area contributed by atoms with Crippen LogP contribution < -0.4 is 5.63 Å². The van der Waals surface area contributed by atoms with Gasteiger partial charge in [-0.25, -0.2) is 9.78 Å². The first-order chi connectivity index (χ1) is 9.83. The van der Waals surface area contributed by atoms with Gasteiger partial charge in [0.25, 0.3) is 0 Å². The van der Waals surface area contributed by atoms with Gasteiger partial charge in [-0.05, 0) is 18.2 Å². The number of benzene rings is 2. The third-order valence-electron chi connectivity index (χ3n) is 3.34. The Hall–Kier alpha value is -2.88. The first kappa shape index (κ1) is 11.0. The van der Waals surface area contributed by atoms with Gasteiger partial charge in [0.1, 0.15) is 5.52 Å². The number of fused-ring (bicyclic) bond motifs is 2. The number of nitrogens with one attached hydrogen (secondary N) is 1. The molecule has 2 heterocycles. The lowest BCUT2D eigenvalue weighted by molar-refractivity contribution is 0.558. The van der Waals surface area contributed by atoms with Crippen molar-refractivity contribution in [2.24, 2.45) is 0 Å². The highest BCUT2D eigenvalue weighted by Crippen LogP contribution is 2.26. The maximum Gasteiger partial charge on any atom is 0.363 e. The van der Waals surface area contributed by atoms with Crippen molar-refractivity contribution in [1.82, 2.24) is 9.97 Å². The fourth-order valence-electron chi connectivity index (χ4n) is 2.39. The topological polar surface area (TPSA) is 58.9 Å². The van der Waals surface area contributed by atoms with Crippen molar-refractivity contribution < 1.29 is 4.42 Å². The Bertz CT molecular complexity index is 982. The average molecular weight is 262 g/mol. The minimum atomic E-state index is -0.423. The van der Waals surface area contributed by atoms with Gasteiger partial charge in [-0.2, -0.15) is 0 Å². The van der Waals surface area contributed by atoms with Crippen LogP contribution in [-0.4, -0.2) is 9.97 Å². The molecule has 0 atom stereocenters. The Balaban J connectivity index is 2.07. The third kappa shape index (κ3) is 1.55. The van der Waals surface area contributed by atoms with Crippen molar-refractivity contribution in [2.75, 3.05) is 0 Å². The zero-order chi connectivity index (χ0) is 13.5. The molecular formula is C16H10N2O2. The highest BCUT2D eigenvalue weighted by atomic mass is 16.4. The van der Waals surface area contributed by atoms with Crippen LogP contribution in [0.3, 0.4) is 0 Å². The zero-order valence-corrected chi connectivity index (χ0v) is 10.5. The molecule has 1 N–H and O–H groups in total. The summed E-state index contributed by atoms with van der Waals surface area (Å²) in [5.41, 5.74) is 2.82. The second-order valence-electron chi connectivity index (χ2n) is 4.57. The Morgan fingerprint density at radius 1 is 1.00 bits per heavy atom. The smallest absolute Gasteiger partial charge is 0.363 e. The predicted molar refractivity (Wildman–Crippen MR) is 77.6 cm³/mol. The van der Waals surface area contributed by atoms with Crippen molar-refractivity contribution in [3.05, 3.63) is 65.1 Å². The molecule has 4 rings (SSSR count). The van der Waals surface area contributed by atoms with Crippen LogP contribution in [0, 0.1) is 0 Å². The number of hydrogen-bond acceptors (Lipinski definition) is 3. The fourth-order valence-corrected chi connectivity index (χ4v) is 2.39. The highest BCUT2D eigenvalue weighted by molar-refractivity contribution is 5.94. The van der Waals surface area contributed by atoms with E-state index in [4.69, 9.17) is 4.42 Å². The minimum Gasteiger partial charge on any atom is -0.419 e. The van der Waals surface area contributed by atoms with Gasteiger partial charge >= 0.3 is 5.63 Å². The van der Waals surface area contributed by atoms with Crippen LogP contribution in [0.25, 0.3) is 33.3 Å². The second-order valence-corrected chi connectivity index (χ2v) is 4.57. The highest BCUT2D eigenvalue weighted by Gasteiger charge is 2.13. The first-order valence-electron chi connectivity index (χ1n) is 6.29. The average Bonchev–Trinajstić information content (AvgIpc) is 2.90. The Kier molecular flexibility index (Phi) is 2.23. The summed E-state index contributed by atoms with van der Waals surface area (Å²) < 4.78 is 5.33. The first-order valence-corrected chi connectivity index (χ1v) is 6.29. The molecule has 2 aromatic carbocycles. The Morgan fingerprint density at radius 3 is 2.75 bits per heavy atom. The molecule has 96 valence electrons. The summed E-state index contributed by atoms with van der Waals surface area (Å²) in [5, 5.41) is 0.961. The van der Waals surface area contributed by atoms with Crippen LogP contribution >= 0.6 is 0 Å². The molecule has 0 spiro atoms. The Labute approximate surface area is 113 Å². The summed E-state index contributed by atoms with van der Waals surface area (Å²) in [7, 11) is 0. The largest absolute Gasteiger partial charge is 0.419 e. The standard InChI is InChI=1S/C16H10N2O2/c19-16-15(18-13-7-3-4-8-14(13)20-16)11-9-17-12-6-2-1-5-10(11)12/h1-9,17H. The summed E-state index contributed by atoms with van der Waals surface area (Å²) >= 11 is 0. The van der Waals surface area contributed by atoms with E-state index in [-0.39, 0.29) is 0 Å². The molecule has 0 fully saturated rings. The van der Waals surface area contributed by atoms with E-state index in [0.717, 1.165) is 16.5 Å². The van der Waals surface area contributed by atoms with Crippen molar-refractivity contribution in [3.8, 4) is 11.3 Å². The van der Waals surface area contributed by atoms with Crippen LogP contribution in [0.5, 0.6) is 0 Å². The number of nitrogens with zero attached hydrogens (tertiary/aromatic N) is 1. The van der Waals surface area contributed by atoms with Gasteiger partial charge in [0.2, 0.25) is 0 Å². The number of aromatic nitrogens is 2. The molecule has 2 aromatic heterocycles. The van der Waals surface area contributed by atoms with Gasteiger partial charge in [-0.3, -0.25) is 0 Å². The molecule has 0 saturated heterocycles. The minimum absolute atomic E-state index is 0.334. The van der Waals surface area contributed by atoms with Gasteiger partial charge in [0.15, 0.2) is 11.3 Å². The summed E-state index contributed by atoms with van der Waals surface area (Å²) in [5.74, 6) is 0. The van der Waals surface area contributed by atoms with E-state index in [9.17, 15) is 4.79 Å². The van der Waals surface area contributed by atoms with E-state index >= 15 is 0 Å². The lowest BCUT2D eigenvalue weighted by atomic mass is 10.1. The van der Waals surface area contributed by atoms with Crippen molar-refractivity contribution in [2.45, 2.75) is 0 Å². The molecule has 0 unspecified atom stereocenters. The molecule has 0 amide bonds. The van der Waals surface area contributed by atoms with Crippen LogP contribution in [0.1, 0.15) is 0 Å². The summed E-state index contributed by atoms with van der Waals surface area (Å²) in [4.78, 5) is 19.7. The van der Waals surface area contributed by atoms with E-state index in [1.54, 1.807) is 12.3 Å². The van der Waals surface area contributed by atoms with Crippen LogP contribution in [-0.2, 0) is 0 Å². The summed E-state index contributed by atoms with van der Waals surface area (Å²) in [6.45, 7) is 0. The maximum absolute atomic E-state index is 12.1. The van der Waals surface area contributed by atoms with Gasteiger partial charge in [0, 0.05) is 22.7 Å². The molecular weight excluding hydrogens is 252 g/mol. The summed E-state index contributed by atoms with van der Waals surface area (Å²) in [6.07, 6.45) is 1.79. The molecule has 4 heteroatoms. The zero-order valence-electron chi connectivity index (χ0n) is 10.5. The van der Waals surface area contributed by atoms with Crippen LogP contribution in [0.15, 0.2) is 63.9 Å². The van der Waals surface area contributed by atoms with E-state index in [1.165, 1.54) is 0 Å². The van der Waals surface area contributed by atoms with E-state index < -0.39 is 5.63 Å². The van der Waals surface area contributed by atoms with Crippen molar-refractivity contribution in [3.63, 3.8) is 0 Å². The molecule has 0 bridgehead atoms. The monoisotopic (exact) mass is 262 g/mol. The maximum atomic E-state index is 12.1. The number of H-pyrrole nitrogens is 1. The third-order valence-corrected chi connectivity index (χ3v) is 3.34. The lowest BCUT2D eigenvalue weighted by Crippen LogP contribution is -2.05. The molecule has 0 aliphatic rings. The Morgan fingerprint density at radius 2 is 1.80 bits per heavy atom. The molecule has 4 nitrogen and oxygen atoms in total. The number of para-hydroxylation sites is 3. The van der Waals surface area contributed by atoms with Crippen LogP contribution in [0.2, 0.25) is 0 Å².